The zero-order chi connectivity index (χ0) is 17.5. The molecular formula is C17H16FN3O3. The van der Waals surface area contributed by atoms with Gasteiger partial charge in [0.15, 0.2) is 0 Å². The number of anilines is 1. The van der Waals surface area contributed by atoms with E-state index in [1.807, 2.05) is 0 Å². The van der Waals surface area contributed by atoms with Crippen molar-refractivity contribution in [1.29, 1.82) is 0 Å². The smallest absolute Gasteiger partial charge is 0.252 e. The molecule has 2 amide bonds. The van der Waals surface area contributed by atoms with E-state index in [-0.39, 0.29) is 11.4 Å². The number of carbonyl (C=O) groups is 2. The predicted molar refractivity (Wildman–Crippen MR) is 88.0 cm³/mol. The van der Waals surface area contributed by atoms with Crippen LogP contribution in [0.5, 0.6) is 5.75 Å². The summed E-state index contributed by atoms with van der Waals surface area (Å²) < 4.78 is 13.5. The van der Waals surface area contributed by atoms with Crippen molar-refractivity contribution < 1.29 is 19.1 Å². The SMILES string of the molecule is CC(C(=O)NN=Cc1ccc(O)cc1)C(=O)Nc1ccccc1F. The highest BCUT2D eigenvalue weighted by atomic mass is 19.1. The molecule has 7 heteroatoms. The van der Waals surface area contributed by atoms with Crippen LogP contribution >= 0.6 is 0 Å². The number of amides is 2. The summed E-state index contributed by atoms with van der Waals surface area (Å²) in [6.45, 7) is 1.39. The Morgan fingerprint density at radius 2 is 1.79 bits per heavy atom. The van der Waals surface area contributed by atoms with Crippen LogP contribution in [0.1, 0.15) is 12.5 Å². The molecule has 0 bridgehead atoms. The van der Waals surface area contributed by atoms with Crippen molar-refractivity contribution in [3.8, 4) is 5.75 Å². The topological polar surface area (TPSA) is 90.8 Å². The molecule has 0 aliphatic heterocycles. The van der Waals surface area contributed by atoms with E-state index in [1.54, 1.807) is 18.2 Å². The first kappa shape index (κ1) is 17.1. The van der Waals surface area contributed by atoms with Gasteiger partial charge in [0.05, 0.1) is 11.9 Å². The molecule has 0 aromatic heterocycles. The molecule has 3 N–H and O–H groups in total. The number of phenolic OH excluding ortho intramolecular Hbond substituents is 1. The van der Waals surface area contributed by atoms with Crippen LogP contribution in [0, 0.1) is 11.7 Å². The molecule has 24 heavy (non-hydrogen) atoms. The number of hydrogen-bond acceptors (Lipinski definition) is 4. The van der Waals surface area contributed by atoms with Crippen LogP contribution < -0.4 is 10.7 Å². The normalized spacial score (nSPS) is 11.9. The molecule has 1 unspecified atom stereocenters. The molecular weight excluding hydrogens is 313 g/mol. The number of halogens is 1. The van der Waals surface area contributed by atoms with Gasteiger partial charge in [-0.25, -0.2) is 9.82 Å². The van der Waals surface area contributed by atoms with Gasteiger partial charge in [-0.1, -0.05) is 12.1 Å². The minimum absolute atomic E-state index is 0.00902. The Balaban J connectivity index is 1.90. The number of nitrogens with zero attached hydrogens (tertiary/aromatic N) is 1. The minimum atomic E-state index is -1.05. The molecule has 0 saturated heterocycles. The summed E-state index contributed by atoms with van der Waals surface area (Å²) in [4.78, 5) is 23.8. The standard InChI is InChI=1S/C17H16FN3O3/c1-11(16(23)20-15-5-3-2-4-14(15)18)17(24)21-19-10-12-6-8-13(22)9-7-12/h2-11,22H,1H3,(H,20,23)(H,21,24). The number of aromatic hydroxyl groups is 1. The third kappa shape index (κ3) is 4.64. The number of phenols is 1. The van der Waals surface area contributed by atoms with E-state index in [1.165, 1.54) is 43.5 Å². The van der Waals surface area contributed by atoms with Crippen LogP contribution in [0.25, 0.3) is 0 Å². The molecule has 0 aliphatic rings. The lowest BCUT2D eigenvalue weighted by Gasteiger charge is -2.11. The average molecular weight is 329 g/mol. The average Bonchev–Trinajstić information content (AvgIpc) is 2.58. The molecule has 6 nitrogen and oxygen atoms in total. The second-order valence-electron chi connectivity index (χ2n) is 5.02. The van der Waals surface area contributed by atoms with E-state index in [4.69, 9.17) is 5.11 Å². The fourth-order valence-corrected chi connectivity index (χ4v) is 1.75. The van der Waals surface area contributed by atoms with Crippen molar-refractivity contribution in [2.75, 3.05) is 5.32 Å². The number of hydrogen-bond donors (Lipinski definition) is 3. The summed E-state index contributed by atoms with van der Waals surface area (Å²) in [6, 6.07) is 11.9. The lowest BCUT2D eigenvalue weighted by atomic mass is 10.1. The lowest BCUT2D eigenvalue weighted by molar-refractivity contribution is -0.131. The zero-order valence-corrected chi connectivity index (χ0v) is 12.9. The Labute approximate surface area is 138 Å². The van der Waals surface area contributed by atoms with Gasteiger partial charge in [0.2, 0.25) is 5.91 Å². The number of para-hydroxylation sites is 1. The summed E-state index contributed by atoms with van der Waals surface area (Å²) >= 11 is 0. The van der Waals surface area contributed by atoms with E-state index >= 15 is 0 Å². The molecule has 1 atom stereocenters. The first-order chi connectivity index (χ1) is 11.5. The molecule has 124 valence electrons. The van der Waals surface area contributed by atoms with Crippen LogP contribution in [0.15, 0.2) is 53.6 Å². The number of rotatable bonds is 5. The molecule has 0 radical (unpaired) electrons. The zero-order valence-electron chi connectivity index (χ0n) is 12.9. The van der Waals surface area contributed by atoms with E-state index in [2.05, 4.69) is 15.8 Å². The molecule has 0 fully saturated rings. The quantitative estimate of drug-likeness (QED) is 0.446. The molecule has 2 rings (SSSR count). The van der Waals surface area contributed by atoms with Crippen LogP contribution in [-0.4, -0.2) is 23.1 Å². The highest BCUT2D eigenvalue weighted by Crippen LogP contribution is 2.13. The number of nitrogens with one attached hydrogen (secondary N) is 2. The Morgan fingerprint density at radius 1 is 1.12 bits per heavy atom. The van der Waals surface area contributed by atoms with Gasteiger partial charge >= 0.3 is 0 Å². The van der Waals surface area contributed by atoms with E-state index in [0.29, 0.717) is 5.56 Å². The minimum Gasteiger partial charge on any atom is -0.508 e. The Bertz CT molecular complexity index is 760. The molecule has 0 spiro atoms. The van der Waals surface area contributed by atoms with Gasteiger partial charge < -0.3 is 10.4 Å². The van der Waals surface area contributed by atoms with Crippen LogP contribution in [0.3, 0.4) is 0 Å². The van der Waals surface area contributed by atoms with E-state index in [9.17, 15) is 14.0 Å². The third-order valence-electron chi connectivity index (χ3n) is 3.20. The van der Waals surface area contributed by atoms with Crippen molar-refractivity contribution in [1.82, 2.24) is 5.43 Å². The Kier molecular flexibility index (Phi) is 5.62. The first-order valence-corrected chi connectivity index (χ1v) is 7.14. The van der Waals surface area contributed by atoms with Crippen molar-refractivity contribution in [2.24, 2.45) is 11.0 Å². The van der Waals surface area contributed by atoms with Gasteiger partial charge in [-0.15, -0.1) is 0 Å². The van der Waals surface area contributed by atoms with Crippen LogP contribution in [0.2, 0.25) is 0 Å². The van der Waals surface area contributed by atoms with Crippen molar-refractivity contribution in [3.05, 3.63) is 59.9 Å². The van der Waals surface area contributed by atoms with Gasteiger partial charge in [-0.05, 0) is 48.9 Å². The maximum atomic E-state index is 13.5. The number of carbonyl (C=O) groups excluding carboxylic acids is 2. The largest absolute Gasteiger partial charge is 0.508 e. The van der Waals surface area contributed by atoms with Crippen molar-refractivity contribution in [2.45, 2.75) is 6.92 Å². The fraction of sp³-hybridized carbons (Fsp3) is 0.118. The summed E-state index contributed by atoms with van der Waals surface area (Å²) in [5.41, 5.74) is 2.91. The second kappa shape index (κ2) is 7.87. The predicted octanol–water partition coefficient (Wildman–Crippen LogP) is 2.26. The maximum Gasteiger partial charge on any atom is 0.252 e. The van der Waals surface area contributed by atoms with Crippen molar-refractivity contribution >= 4 is 23.7 Å². The van der Waals surface area contributed by atoms with Gasteiger partial charge in [0, 0.05) is 0 Å². The lowest BCUT2D eigenvalue weighted by Crippen LogP contribution is -2.34. The van der Waals surface area contributed by atoms with Crippen LogP contribution in [0.4, 0.5) is 10.1 Å². The summed E-state index contributed by atoms with van der Waals surface area (Å²) in [5.74, 6) is -2.78. The number of benzene rings is 2. The Hall–Kier alpha value is -3.22. The first-order valence-electron chi connectivity index (χ1n) is 7.14. The fourth-order valence-electron chi connectivity index (χ4n) is 1.75. The maximum absolute atomic E-state index is 13.5. The van der Waals surface area contributed by atoms with Gasteiger partial charge in [-0.2, -0.15) is 5.10 Å². The molecule has 2 aromatic carbocycles. The molecule has 0 saturated carbocycles. The van der Waals surface area contributed by atoms with E-state index < -0.39 is 23.5 Å². The second-order valence-corrected chi connectivity index (χ2v) is 5.02. The van der Waals surface area contributed by atoms with Gasteiger partial charge in [0.25, 0.3) is 5.91 Å². The number of hydrazone groups is 1. The summed E-state index contributed by atoms with van der Waals surface area (Å²) in [7, 11) is 0. The Morgan fingerprint density at radius 3 is 2.46 bits per heavy atom. The monoisotopic (exact) mass is 329 g/mol. The van der Waals surface area contributed by atoms with Crippen LogP contribution in [-0.2, 0) is 9.59 Å². The van der Waals surface area contributed by atoms with Crippen molar-refractivity contribution in [3.63, 3.8) is 0 Å². The molecule has 2 aromatic rings. The highest BCUT2D eigenvalue weighted by molar-refractivity contribution is 6.06. The summed E-state index contributed by atoms with van der Waals surface area (Å²) in [6.07, 6.45) is 1.37. The highest BCUT2D eigenvalue weighted by Gasteiger charge is 2.21. The summed E-state index contributed by atoms with van der Waals surface area (Å²) in [5, 5.41) is 15.2. The third-order valence-corrected chi connectivity index (χ3v) is 3.20. The van der Waals surface area contributed by atoms with Gasteiger partial charge in [-0.3, -0.25) is 9.59 Å². The van der Waals surface area contributed by atoms with E-state index in [0.717, 1.165) is 0 Å². The molecule has 0 heterocycles. The molecule has 0 aliphatic carbocycles. The van der Waals surface area contributed by atoms with Gasteiger partial charge in [0.1, 0.15) is 17.5 Å².